The van der Waals surface area contributed by atoms with Crippen molar-refractivity contribution in [3.8, 4) is 11.3 Å². The number of carbonyl (C=O) groups is 1. The zero-order chi connectivity index (χ0) is 19.0. The fourth-order valence-corrected chi connectivity index (χ4v) is 3.08. The molecule has 0 aliphatic carbocycles. The Morgan fingerprint density at radius 3 is 2.74 bits per heavy atom. The summed E-state index contributed by atoms with van der Waals surface area (Å²) >= 11 is 0. The van der Waals surface area contributed by atoms with Crippen molar-refractivity contribution in [3.63, 3.8) is 0 Å². The topological polar surface area (TPSA) is 88.0 Å². The number of carbonyl (C=O) groups excluding carboxylic acids is 1. The highest BCUT2D eigenvalue weighted by atomic mass is 16.1. The Kier molecular flexibility index (Phi) is 4.19. The SMILES string of the molecule is Cc1ccn2c(CC(=O)Nc3ncn[nH]3)c(-c3ccc(C)c(C)c3)nc2c1. The number of hydrogen-bond acceptors (Lipinski definition) is 4. The fraction of sp³-hybridized carbons (Fsp3) is 0.200. The molecule has 7 nitrogen and oxygen atoms in total. The van der Waals surface area contributed by atoms with Crippen LogP contribution in [0.25, 0.3) is 16.9 Å². The van der Waals surface area contributed by atoms with Crippen LogP contribution >= 0.6 is 0 Å². The normalized spacial score (nSPS) is 11.1. The molecule has 136 valence electrons. The van der Waals surface area contributed by atoms with E-state index in [1.165, 1.54) is 17.5 Å². The second-order valence-electron chi connectivity index (χ2n) is 6.70. The van der Waals surface area contributed by atoms with E-state index >= 15 is 0 Å². The summed E-state index contributed by atoms with van der Waals surface area (Å²) < 4.78 is 1.97. The molecule has 3 heterocycles. The van der Waals surface area contributed by atoms with Crippen LogP contribution in [0, 0.1) is 20.8 Å². The number of anilines is 1. The molecule has 0 spiro atoms. The minimum atomic E-state index is -0.181. The Bertz CT molecular complexity index is 1130. The van der Waals surface area contributed by atoms with Gasteiger partial charge in [0.25, 0.3) is 0 Å². The van der Waals surface area contributed by atoms with Crippen molar-refractivity contribution in [2.75, 3.05) is 5.32 Å². The zero-order valence-electron chi connectivity index (χ0n) is 15.4. The summed E-state index contributed by atoms with van der Waals surface area (Å²) in [7, 11) is 0. The average Bonchev–Trinajstić information content (AvgIpc) is 3.25. The fourth-order valence-electron chi connectivity index (χ4n) is 3.08. The number of nitrogens with zero attached hydrogens (tertiary/aromatic N) is 4. The first-order valence-electron chi connectivity index (χ1n) is 8.71. The summed E-state index contributed by atoms with van der Waals surface area (Å²) in [4.78, 5) is 21.3. The smallest absolute Gasteiger partial charge is 0.232 e. The van der Waals surface area contributed by atoms with Crippen molar-refractivity contribution in [2.24, 2.45) is 0 Å². The highest BCUT2D eigenvalue weighted by Gasteiger charge is 2.18. The molecule has 7 heteroatoms. The van der Waals surface area contributed by atoms with E-state index < -0.39 is 0 Å². The van der Waals surface area contributed by atoms with Crippen LogP contribution in [0.1, 0.15) is 22.4 Å². The van der Waals surface area contributed by atoms with Crippen LogP contribution in [0.5, 0.6) is 0 Å². The van der Waals surface area contributed by atoms with Crippen LogP contribution in [-0.2, 0) is 11.2 Å². The summed E-state index contributed by atoms with van der Waals surface area (Å²) in [5, 5.41) is 9.11. The first kappa shape index (κ1) is 17.0. The number of aromatic nitrogens is 5. The minimum Gasteiger partial charge on any atom is -0.303 e. The molecule has 0 fully saturated rings. The second kappa shape index (κ2) is 6.68. The van der Waals surface area contributed by atoms with Crippen molar-refractivity contribution < 1.29 is 4.79 Å². The lowest BCUT2D eigenvalue weighted by Crippen LogP contribution is -2.17. The van der Waals surface area contributed by atoms with Gasteiger partial charge in [0.1, 0.15) is 12.0 Å². The molecule has 0 unspecified atom stereocenters. The lowest BCUT2D eigenvalue weighted by atomic mass is 10.0. The molecule has 2 N–H and O–H groups in total. The number of aromatic amines is 1. The van der Waals surface area contributed by atoms with E-state index in [1.54, 1.807) is 0 Å². The molecule has 1 amide bonds. The van der Waals surface area contributed by atoms with Crippen molar-refractivity contribution >= 4 is 17.5 Å². The molecular formula is C20H20N6O. The lowest BCUT2D eigenvalue weighted by Gasteiger charge is -2.07. The van der Waals surface area contributed by atoms with Gasteiger partial charge in [-0.05, 0) is 55.7 Å². The number of amides is 1. The van der Waals surface area contributed by atoms with E-state index in [0.717, 1.165) is 28.2 Å². The van der Waals surface area contributed by atoms with Gasteiger partial charge in [-0.15, -0.1) is 0 Å². The van der Waals surface area contributed by atoms with Crippen LogP contribution in [-0.4, -0.2) is 30.5 Å². The molecule has 3 aromatic heterocycles. The van der Waals surface area contributed by atoms with Crippen LogP contribution in [0.2, 0.25) is 0 Å². The zero-order valence-corrected chi connectivity index (χ0v) is 15.4. The molecule has 0 bridgehead atoms. The number of pyridine rings is 1. The highest BCUT2D eigenvalue weighted by Crippen LogP contribution is 2.27. The Morgan fingerprint density at radius 2 is 2.00 bits per heavy atom. The van der Waals surface area contributed by atoms with Crippen molar-refractivity contribution in [2.45, 2.75) is 27.2 Å². The maximum Gasteiger partial charge on any atom is 0.232 e. The Balaban J connectivity index is 1.78. The standard InChI is InChI=1S/C20H20N6O/c1-12-6-7-26-16(10-18(27)24-20-21-11-22-25-20)19(23-17(26)8-12)15-5-4-13(2)14(3)9-15/h4-9,11H,10H2,1-3H3,(H2,21,22,24,25,27). The van der Waals surface area contributed by atoms with Crippen LogP contribution in [0.15, 0.2) is 42.9 Å². The third-order valence-electron chi connectivity index (χ3n) is 4.66. The number of rotatable bonds is 4. The first-order valence-corrected chi connectivity index (χ1v) is 8.71. The summed E-state index contributed by atoms with van der Waals surface area (Å²) in [6.45, 7) is 6.19. The van der Waals surface area contributed by atoms with Gasteiger partial charge in [-0.25, -0.2) is 10.1 Å². The summed E-state index contributed by atoms with van der Waals surface area (Å²) in [5.74, 6) is 0.150. The number of H-pyrrole nitrogens is 1. The summed E-state index contributed by atoms with van der Waals surface area (Å²) in [6.07, 6.45) is 3.49. The van der Waals surface area contributed by atoms with E-state index in [1.807, 2.05) is 29.7 Å². The van der Waals surface area contributed by atoms with E-state index in [9.17, 15) is 4.79 Å². The van der Waals surface area contributed by atoms with Crippen molar-refractivity contribution in [1.29, 1.82) is 0 Å². The van der Waals surface area contributed by atoms with Gasteiger partial charge in [0.05, 0.1) is 17.8 Å². The first-order chi connectivity index (χ1) is 13.0. The lowest BCUT2D eigenvalue weighted by molar-refractivity contribution is -0.115. The van der Waals surface area contributed by atoms with Gasteiger partial charge in [-0.3, -0.25) is 10.1 Å². The van der Waals surface area contributed by atoms with Gasteiger partial charge in [-0.1, -0.05) is 12.1 Å². The molecule has 0 atom stereocenters. The number of fused-ring (bicyclic) bond motifs is 1. The van der Waals surface area contributed by atoms with Crippen LogP contribution < -0.4 is 5.32 Å². The number of nitrogens with one attached hydrogen (secondary N) is 2. The molecule has 4 rings (SSSR count). The Morgan fingerprint density at radius 1 is 1.15 bits per heavy atom. The Labute approximate surface area is 156 Å². The van der Waals surface area contributed by atoms with Gasteiger partial charge in [0.2, 0.25) is 11.9 Å². The maximum atomic E-state index is 12.6. The third kappa shape index (κ3) is 3.31. The number of aryl methyl sites for hydroxylation is 3. The number of hydrogen-bond donors (Lipinski definition) is 2. The number of benzene rings is 1. The summed E-state index contributed by atoms with van der Waals surface area (Å²) in [5.41, 5.74) is 7.02. The van der Waals surface area contributed by atoms with Gasteiger partial charge in [-0.2, -0.15) is 10.1 Å². The van der Waals surface area contributed by atoms with Crippen LogP contribution in [0.3, 0.4) is 0 Å². The number of imidazole rings is 1. The largest absolute Gasteiger partial charge is 0.303 e. The molecule has 27 heavy (non-hydrogen) atoms. The third-order valence-corrected chi connectivity index (χ3v) is 4.66. The van der Waals surface area contributed by atoms with Crippen molar-refractivity contribution in [1.82, 2.24) is 24.6 Å². The quantitative estimate of drug-likeness (QED) is 0.585. The maximum absolute atomic E-state index is 12.6. The molecule has 4 aromatic rings. The molecular weight excluding hydrogens is 340 g/mol. The molecule has 0 aliphatic rings. The predicted molar refractivity (Wildman–Crippen MR) is 104 cm³/mol. The summed E-state index contributed by atoms with van der Waals surface area (Å²) in [6, 6.07) is 10.3. The predicted octanol–water partition coefficient (Wildman–Crippen LogP) is 3.23. The van der Waals surface area contributed by atoms with Gasteiger partial charge in [0, 0.05) is 11.8 Å². The van der Waals surface area contributed by atoms with E-state index in [4.69, 9.17) is 4.98 Å². The minimum absolute atomic E-state index is 0.174. The van der Waals surface area contributed by atoms with E-state index in [-0.39, 0.29) is 12.3 Å². The van der Waals surface area contributed by atoms with Gasteiger partial charge < -0.3 is 4.40 Å². The Hall–Kier alpha value is -3.48. The van der Waals surface area contributed by atoms with E-state index in [2.05, 4.69) is 52.5 Å². The van der Waals surface area contributed by atoms with E-state index in [0.29, 0.717) is 5.95 Å². The molecule has 0 radical (unpaired) electrons. The molecule has 0 saturated heterocycles. The highest BCUT2D eigenvalue weighted by molar-refractivity contribution is 5.91. The second-order valence-corrected chi connectivity index (χ2v) is 6.70. The molecule has 0 saturated carbocycles. The monoisotopic (exact) mass is 360 g/mol. The molecule has 1 aromatic carbocycles. The average molecular weight is 360 g/mol. The van der Waals surface area contributed by atoms with Crippen molar-refractivity contribution in [3.05, 3.63) is 65.2 Å². The van der Waals surface area contributed by atoms with Gasteiger partial charge >= 0.3 is 0 Å². The molecule has 0 aliphatic heterocycles. The van der Waals surface area contributed by atoms with Crippen LogP contribution in [0.4, 0.5) is 5.95 Å². The van der Waals surface area contributed by atoms with Gasteiger partial charge in [0.15, 0.2) is 0 Å².